The largest absolute Gasteiger partial charge is 0.383 e. The molecule has 4 amide bonds. The zero-order chi connectivity index (χ0) is 21.1. The molecule has 1 aromatic rings. The van der Waals surface area contributed by atoms with E-state index in [-0.39, 0.29) is 42.3 Å². The number of nitrogens with zero attached hydrogens (tertiary/aromatic N) is 2. The summed E-state index contributed by atoms with van der Waals surface area (Å²) < 4.78 is 5.00. The predicted octanol–water partition coefficient (Wildman–Crippen LogP) is 2.29. The molecule has 3 unspecified atom stereocenters. The molecule has 0 spiro atoms. The molecule has 2 aliphatic heterocycles. The Hall–Kier alpha value is -2.67. The fraction of sp³-hybridized carbons (Fsp3) is 0.522. The number of imide groups is 1. The minimum absolute atomic E-state index is 0.139. The second-order valence-corrected chi connectivity index (χ2v) is 8.28. The molecule has 3 aliphatic rings. The van der Waals surface area contributed by atoms with Crippen LogP contribution in [0.5, 0.6) is 0 Å². The minimum atomic E-state index is -0.375. The molecule has 1 saturated heterocycles. The van der Waals surface area contributed by atoms with E-state index in [1.54, 1.807) is 7.11 Å². The van der Waals surface area contributed by atoms with E-state index in [1.807, 2.05) is 23.1 Å². The molecule has 4 rings (SSSR count). The third-order valence-electron chi connectivity index (χ3n) is 6.52. The molecule has 0 bridgehead atoms. The normalized spacial score (nSPS) is 26.7. The molecule has 3 atom stereocenters. The topological polar surface area (TPSA) is 79.0 Å². The summed E-state index contributed by atoms with van der Waals surface area (Å²) in [6, 6.07) is 9.63. The van der Waals surface area contributed by atoms with E-state index in [0.29, 0.717) is 39.0 Å². The van der Waals surface area contributed by atoms with Crippen LogP contribution >= 0.6 is 0 Å². The van der Waals surface area contributed by atoms with Crippen LogP contribution in [-0.4, -0.2) is 67.0 Å². The smallest absolute Gasteiger partial charge is 0.324 e. The third kappa shape index (κ3) is 4.12. The lowest BCUT2D eigenvalue weighted by molar-refractivity contribution is -0.142. The SMILES string of the molecule is COCCN1C(=O)NC2CC(C(=O)N3CC=C(c4ccccc4)CC3)CCC2C1=O. The average Bonchev–Trinajstić information content (AvgIpc) is 2.79. The number of urea groups is 1. The Kier molecular flexibility index (Phi) is 6.18. The lowest BCUT2D eigenvalue weighted by Gasteiger charge is -2.43. The van der Waals surface area contributed by atoms with Gasteiger partial charge in [-0.05, 0) is 36.8 Å². The summed E-state index contributed by atoms with van der Waals surface area (Å²) >= 11 is 0. The lowest BCUT2D eigenvalue weighted by atomic mass is 9.76. The molecule has 0 radical (unpaired) electrons. The highest BCUT2D eigenvalue weighted by Gasteiger charge is 2.45. The maximum atomic E-state index is 13.1. The highest BCUT2D eigenvalue weighted by molar-refractivity contribution is 5.99. The van der Waals surface area contributed by atoms with Gasteiger partial charge in [0, 0.05) is 32.2 Å². The van der Waals surface area contributed by atoms with Crippen LogP contribution in [0.2, 0.25) is 0 Å². The van der Waals surface area contributed by atoms with E-state index >= 15 is 0 Å². The van der Waals surface area contributed by atoms with Gasteiger partial charge in [0.1, 0.15) is 0 Å². The van der Waals surface area contributed by atoms with E-state index in [1.165, 1.54) is 16.0 Å². The first kappa shape index (κ1) is 20.6. The molecule has 30 heavy (non-hydrogen) atoms. The molecule has 7 nitrogen and oxygen atoms in total. The maximum absolute atomic E-state index is 13.1. The summed E-state index contributed by atoms with van der Waals surface area (Å²) in [4.78, 5) is 41.3. The van der Waals surface area contributed by atoms with Gasteiger partial charge < -0.3 is 15.0 Å². The van der Waals surface area contributed by atoms with Gasteiger partial charge in [0.25, 0.3) is 0 Å². The summed E-state index contributed by atoms with van der Waals surface area (Å²) in [6.45, 7) is 1.91. The zero-order valence-corrected chi connectivity index (χ0v) is 17.4. The second kappa shape index (κ2) is 9.00. The summed E-state index contributed by atoms with van der Waals surface area (Å²) in [7, 11) is 1.55. The first-order chi connectivity index (χ1) is 14.6. The number of ether oxygens (including phenoxy) is 1. The molecule has 1 aliphatic carbocycles. The fourth-order valence-electron chi connectivity index (χ4n) is 4.82. The Balaban J connectivity index is 1.36. The average molecular weight is 412 g/mol. The summed E-state index contributed by atoms with van der Waals surface area (Å²) in [5.74, 6) is -0.383. The number of benzene rings is 1. The first-order valence-electron chi connectivity index (χ1n) is 10.7. The highest BCUT2D eigenvalue weighted by Crippen LogP contribution is 2.34. The van der Waals surface area contributed by atoms with Crippen molar-refractivity contribution in [2.45, 2.75) is 31.7 Å². The van der Waals surface area contributed by atoms with Crippen LogP contribution in [0, 0.1) is 11.8 Å². The van der Waals surface area contributed by atoms with Crippen molar-refractivity contribution in [3.8, 4) is 0 Å². The van der Waals surface area contributed by atoms with Crippen molar-refractivity contribution >= 4 is 23.4 Å². The van der Waals surface area contributed by atoms with Gasteiger partial charge in [0.05, 0.1) is 19.1 Å². The molecule has 7 heteroatoms. The fourth-order valence-corrected chi connectivity index (χ4v) is 4.82. The molecule has 0 aromatic heterocycles. The van der Waals surface area contributed by atoms with E-state index in [4.69, 9.17) is 4.74 Å². The summed E-state index contributed by atoms with van der Waals surface area (Å²) in [5, 5.41) is 2.95. The van der Waals surface area contributed by atoms with Crippen molar-refractivity contribution in [1.82, 2.24) is 15.1 Å². The number of carbonyl (C=O) groups is 3. The van der Waals surface area contributed by atoms with Gasteiger partial charge in [0.15, 0.2) is 0 Å². The predicted molar refractivity (Wildman–Crippen MR) is 112 cm³/mol. The summed E-state index contributed by atoms with van der Waals surface area (Å²) in [6.07, 6.45) is 4.83. The standard InChI is InChI=1S/C23H29N3O4/c1-30-14-13-26-22(28)19-8-7-18(15-20(19)24-23(26)29)21(27)25-11-9-17(10-12-25)16-5-3-2-4-6-16/h2-6,9,18-20H,7-8,10-15H2,1H3,(H,24,29). The second-order valence-electron chi connectivity index (χ2n) is 8.28. The zero-order valence-electron chi connectivity index (χ0n) is 17.4. The molecular weight excluding hydrogens is 382 g/mol. The molecule has 2 heterocycles. The van der Waals surface area contributed by atoms with Gasteiger partial charge in [0.2, 0.25) is 11.8 Å². The van der Waals surface area contributed by atoms with Crippen molar-refractivity contribution in [3.63, 3.8) is 0 Å². The number of fused-ring (bicyclic) bond motifs is 1. The van der Waals surface area contributed by atoms with Crippen LogP contribution in [0.25, 0.3) is 5.57 Å². The van der Waals surface area contributed by atoms with Gasteiger partial charge >= 0.3 is 6.03 Å². The van der Waals surface area contributed by atoms with Crippen molar-refractivity contribution in [2.75, 3.05) is 33.4 Å². The van der Waals surface area contributed by atoms with Gasteiger partial charge in [-0.25, -0.2) is 4.79 Å². The Morgan fingerprint density at radius 1 is 1.20 bits per heavy atom. The van der Waals surface area contributed by atoms with E-state index in [0.717, 1.165) is 6.42 Å². The molecule has 1 N–H and O–H groups in total. The van der Waals surface area contributed by atoms with Crippen molar-refractivity contribution < 1.29 is 19.1 Å². The monoisotopic (exact) mass is 411 g/mol. The van der Waals surface area contributed by atoms with Crippen molar-refractivity contribution in [3.05, 3.63) is 42.0 Å². The number of hydrogen-bond acceptors (Lipinski definition) is 4. The number of amides is 4. The third-order valence-corrected chi connectivity index (χ3v) is 6.52. The molecule has 2 fully saturated rings. The minimum Gasteiger partial charge on any atom is -0.383 e. The van der Waals surface area contributed by atoms with E-state index in [2.05, 4.69) is 23.5 Å². The molecular formula is C23H29N3O4. The van der Waals surface area contributed by atoms with Crippen LogP contribution in [0.15, 0.2) is 36.4 Å². The van der Waals surface area contributed by atoms with Crippen molar-refractivity contribution in [2.24, 2.45) is 11.8 Å². The molecule has 1 aromatic carbocycles. The number of nitrogens with one attached hydrogen (secondary N) is 1. The van der Waals surface area contributed by atoms with Gasteiger partial charge in [-0.3, -0.25) is 14.5 Å². The van der Waals surface area contributed by atoms with E-state index in [9.17, 15) is 14.4 Å². The van der Waals surface area contributed by atoms with Crippen LogP contribution in [0.4, 0.5) is 4.79 Å². The van der Waals surface area contributed by atoms with Crippen LogP contribution in [0.1, 0.15) is 31.2 Å². The van der Waals surface area contributed by atoms with Crippen LogP contribution < -0.4 is 5.32 Å². The maximum Gasteiger partial charge on any atom is 0.324 e. The number of rotatable bonds is 5. The molecule has 160 valence electrons. The van der Waals surface area contributed by atoms with Crippen molar-refractivity contribution in [1.29, 1.82) is 0 Å². The van der Waals surface area contributed by atoms with Crippen LogP contribution in [-0.2, 0) is 14.3 Å². The lowest BCUT2D eigenvalue weighted by Crippen LogP contribution is -2.62. The Morgan fingerprint density at radius 3 is 2.70 bits per heavy atom. The van der Waals surface area contributed by atoms with E-state index < -0.39 is 0 Å². The number of methoxy groups -OCH3 is 1. The van der Waals surface area contributed by atoms with Gasteiger partial charge in [-0.1, -0.05) is 36.4 Å². The van der Waals surface area contributed by atoms with Crippen LogP contribution in [0.3, 0.4) is 0 Å². The first-order valence-corrected chi connectivity index (χ1v) is 10.7. The Labute approximate surface area is 177 Å². The Morgan fingerprint density at radius 2 is 2.00 bits per heavy atom. The number of hydrogen-bond donors (Lipinski definition) is 1. The van der Waals surface area contributed by atoms with Gasteiger partial charge in [-0.15, -0.1) is 0 Å². The quantitative estimate of drug-likeness (QED) is 0.806. The van der Waals surface area contributed by atoms with Gasteiger partial charge in [-0.2, -0.15) is 0 Å². The Bertz CT molecular complexity index is 838. The number of carbonyl (C=O) groups excluding carboxylic acids is 3. The highest BCUT2D eigenvalue weighted by atomic mass is 16.5. The molecule has 1 saturated carbocycles. The summed E-state index contributed by atoms with van der Waals surface area (Å²) in [5.41, 5.74) is 2.50.